The van der Waals surface area contributed by atoms with Crippen LogP contribution in [0.3, 0.4) is 0 Å². The molecule has 20 heavy (non-hydrogen) atoms. The van der Waals surface area contributed by atoms with Crippen molar-refractivity contribution in [2.24, 2.45) is 0 Å². The summed E-state index contributed by atoms with van der Waals surface area (Å²) in [6.07, 6.45) is -1.69. The minimum atomic E-state index is -4.41. The maximum absolute atomic E-state index is 12.8. The maximum atomic E-state index is 12.8. The predicted molar refractivity (Wildman–Crippen MR) is 70.5 cm³/mol. The molecule has 6 heteroatoms. The van der Waals surface area contributed by atoms with Crippen LogP contribution >= 0.6 is 11.6 Å². The summed E-state index contributed by atoms with van der Waals surface area (Å²) in [6.45, 7) is 0.545. The van der Waals surface area contributed by atoms with Crippen LogP contribution in [0.1, 0.15) is 23.2 Å². The molecule has 2 aromatic rings. The van der Waals surface area contributed by atoms with E-state index in [1.165, 1.54) is 0 Å². The van der Waals surface area contributed by atoms with Crippen LogP contribution in [0, 0.1) is 0 Å². The molecule has 0 bridgehead atoms. The lowest BCUT2D eigenvalue weighted by Crippen LogP contribution is -2.05. The van der Waals surface area contributed by atoms with E-state index in [2.05, 4.69) is 4.98 Å². The number of aryl methyl sites for hydroxylation is 2. The molecule has 0 fully saturated rings. The molecule has 0 unspecified atom stereocenters. The van der Waals surface area contributed by atoms with E-state index in [0.29, 0.717) is 18.2 Å². The average Bonchev–Trinajstić information content (AvgIpc) is 2.76. The lowest BCUT2D eigenvalue weighted by Gasteiger charge is -2.07. The van der Waals surface area contributed by atoms with Crippen LogP contribution in [0.2, 0.25) is 0 Å². The molecule has 0 aliphatic carbocycles. The zero-order valence-corrected chi connectivity index (χ0v) is 11.3. The van der Waals surface area contributed by atoms with Gasteiger partial charge in [-0.05, 0) is 24.0 Å². The Balaban J connectivity index is 2.14. The van der Waals surface area contributed by atoms with Crippen LogP contribution in [0.15, 0.2) is 24.4 Å². The summed E-state index contributed by atoms with van der Waals surface area (Å²) in [4.78, 5) is 3.78. The van der Waals surface area contributed by atoms with Crippen LogP contribution in [0.4, 0.5) is 13.2 Å². The fourth-order valence-electron chi connectivity index (χ4n) is 2.53. The third-order valence-corrected chi connectivity index (χ3v) is 3.79. The van der Waals surface area contributed by atoms with Gasteiger partial charge in [-0.3, -0.25) is 0 Å². The van der Waals surface area contributed by atoms with Crippen molar-refractivity contribution >= 4 is 11.6 Å². The Hall–Kier alpha value is -1.49. The van der Waals surface area contributed by atoms with Crippen molar-refractivity contribution in [3.05, 3.63) is 41.2 Å². The highest BCUT2D eigenvalue weighted by Gasteiger charge is 2.35. The molecule has 3 rings (SSSR count). The summed E-state index contributed by atoms with van der Waals surface area (Å²) in [5.41, 5.74) is 1.93. The lowest BCUT2D eigenvalue weighted by molar-refractivity contribution is -0.140. The van der Waals surface area contributed by atoms with E-state index < -0.39 is 11.9 Å². The summed E-state index contributed by atoms with van der Waals surface area (Å²) < 4.78 is 39.9. The highest BCUT2D eigenvalue weighted by Crippen LogP contribution is 2.34. The number of hydrogen-bond donors (Lipinski definition) is 0. The number of hydrogen-bond acceptors (Lipinski definition) is 1. The van der Waals surface area contributed by atoms with E-state index in [4.69, 9.17) is 11.6 Å². The highest BCUT2D eigenvalue weighted by atomic mass is 35.5. The molecule has 1 aromatic heterocycles. The largest absolute Gasteiger partial charge is 0.434 e. The molecule has 0 saturated heterocycles. The topological polar surface area (TPSA) is 17.8 Å². The van der Waals surface area contributed by atoms with Crippen molar-refractivity contribution in [3.63, 3.8) is 0 Å². The molecular formula is C14H12ClF3N2. The van der Waals surface area contributed by atoms with Gasteiger partial charge in [0.2, 0.25) is 0 Å². The zero-order valence-electron chi connectivity index (χ0n) is 10.5. The normalized spacial score (nSPS) is 14.6. The van der Waals surface area contributed by atoms with Gasteiger partial charge in [0.05, 0.1) is 0 Å². The highest BCUT2D eigenvalue weighted by molar-refractivity contribution is 6.17. The first-order valence-electron chi connectivity index (χ1n) is 6.31. The summed E-state index contributed by atoms with van der Waals surface area (Å²) in [5.74, 6) is 0.793. The number of alkyl halides is 4. The number of benzene rings is 1. The van der Waals surface area contributed by atoms with Gasteiger partial charge in [0.15, 0.2) is 5.69 Å². The molecule has 0 amide bonds. The van der Waals surface area contributed by atoms with Gasteiger partial charge in [0.1, 0.15) is 5.82 Å². The second-order valence-electron chi connectivity index (χ2n) is 4.87. The van der Waals surface area contributed by atoms with Gasteiger partial charge in [-0.1, -0.05) is 18.2 Å². The van der Waals surface area contributed by atoms with E-state index in [0.717, 1.165) is 35.7 Å². The first-order chi connectivity index (χ1) is 9.49. The summed E-state index contributed by atoms with van der Waals surface area (Å²) in [5, 5.41) is 0. The second kappa shape index (κ2) is 4.81. The van der Waals surface area contributed by atoms with E-state index in [9.17, 15) is 13.2 Å². The number of nitrogens with zero attached hydrogens (tertiary/aromatic N) is 2. The molecule has 0 radical (unpaired) electrons. The third-order valence-electron chi connectivity index (χ3n) is 3.48. The molecule has 0 spiro atoms. The number of halogens is 4. The Labute approximate surface area is 119 Å². The standard InChI is InChI=1S/C14H12ClF3N2/c15-7-9-3-4-11-10(6-9)2-1-5-20-8-12(14(16,17)18)19-13(11)20/h3-4,6,8H,1-2,5,7H2. The fourth-order valence-corrected chi connectivity index (χ4v) is 2.70. The molecule has 1 aliphatic rings. The number of aromatic nitrogens is 2. The summed E-state index contributed by atoms with van der Waals surface area (Å²) in [7, 11) is 0. The quantitative estimate of drug-likeness (QED) is 0.720. The van der Waals surface area contributed by atoms with Crippen LogP contribution in [-0.2, 0) is 25.0 Å². The van der Waals surface area contributed by atoms with Gasteiger partial charge in [-0.2, -0.15) is 13.2 Å². The molecule has 106 valence electrons. The van der Waals surface area contributed by atoms with Gasteiger partial charge < -0.3 is 4.57 Å². The molecule has 0 atom stereocenters. The van der Waals surface area contributed by atoms with Gasteiger partial charge in [0.25, 0.3) is 0 Å². The fraction of sp³-hybridized carbons (Fsp3) is 0.357. The van der Waals surface area contributed by atoms with Gasteiger partial charge >= 0.3 is 6.18 Å². The first kappa shape index (κ1) is 13.5. The lowest BCUT2D eigenvalue weighted by atomic mass is 10.0. The van der Waals surface area contributed by atoms with Crippen LogP contribution in [0.25, 0.3) is 11.4 Å². The van der Waals surface area contributed by atoms with Crippen LogP contribution in [-0.4, -0.2) is 9.55 Å². The Morgan fingerprint density at radius 3 is 2.80 bits per heavy atom. The maximum Gasteiger partial charge on any atom is 0.434 e. The Morgan fingerprint density at radius 2 is 2.10 bits per heavy atom. The van der Waals surface area contributed by atoms with E-state index in [1.54, 1.807) is 4.57 Å². The minimum Gasteiger partial charge on any atom is -0.330 e. The van der Waals surface area contributed by atoms with Crippen molar-refractivity contribution in [3.8, 4) is 11.4 Å². The molecule has 0 N–H and O–H groups in total. The van der Waals surface area contributed by atoms with Gasteiger partial charge in [-0.15, -0.1) is 11.6 Å². The molecule has 0 saturated carbocycles. The predicted octanol–water partition coefficient (Wildman–Crippen LogP) is 4.25. The smallest absolute Gasteiger partial charge is 0.330 e. The van der Waals surface area contributed by atoms with Crippen molar-refractivity contribution < 1.29 is 13.2 Å². The molecule has 2 heterocycles. The number of rotatable bonds is 1. The van der Waals surface area contributed by atoms with Crippen molar-refractivity contribution in [1.29, 1.82) is 0 Å². The van der Waals surface area contributed by atoms with Crippen LogP contribution < -0.4 is 0 Å². The Kier molecular flexibility index (Phi) is 3.24. The molecule has 2 nitrogen and oxygen atoms in total. The summed E-state index contributed by atoms with van der Waals surface area (Å²) >= 11 is 5.80. The van der Waals surface area contributed by atoms with E-state index in [-0.39, 0.29) is 0 Å². The number of imidazole rings is 1. The Bertz CT molecular complexity index is 646. The van der Waals surface area contributed by atoms with Crippen molar-refractivity contribution in [1.82, 2.24) is 9.55 Å². The van der Waals surface area contributed by atoms with Crippen LogP contribution in [0.5, 0.6) is 0 Å². The molecule has 1 aromatic carbocycles. The van der Waals surface area contributed by atoms with Crippen molar-refractivity contribution in [2.75, 3.05) is 0 Å². The first-order valence-corrected chi connectivity index (χ1v) is 6.85. The molecule has 1 aliphatic heterocycles. The van der Waals surface area contributed by atoms with Gasteiger partial charge in [-0.25, -0.2) is 4.98 Å². The monoisotopic (exact) mass is 300 g/mol. The molecular weight excluding hydrogens is 289 g/mol. The average molecular weight is 301 g/mol. The van der Waals surface area contributed by atoms with E-state index >= 15 is 0 Å². The third kappa shape index (κ3) is 2.30. The minimum absolute atomic E-state index is 0.394. The summed E-state index contributed by atoms with van der Waals surface area (Å²) in [6, 6.07) is 5.61. The van der Waals surface area contributed by atoms with Crippen molar-refractivity contribution in [2.45, 2.75) is 31.4 Å². The zero-order chi connectivity index (χ0) is 14.3. The second-order valence-corrected chi connectivity index (χ2v) is 5.14. The Morgan fingerprint density at radius 1 is 1.30 bits per heavy atom. The number of fused-ring (bicyclic) bond motifs is 3. The van der Waals surface area contributed by atoms with E-state index in [1.807, 2.05) is 18.2 Å². The van der Waals surface area contributed by atoms with Gasteiger partial charge in [0, 0.05) is 24.2 Å². The SMILES string of the molecule is FC(F)(F)c1cn2c(n1)-c1ccc(CCl)cc1CCC2.